The Balaban J connectivity index is 0.977. The quantitative estimate of drug-likeness (QED) is 0.250. The molecular weight excluding hydrogens is 523 g/mol. The molecule has 0 radical (unpaired) electrons. The van der Waals surface area contributed by atoms with Gasteiger partial charge in [-0.05, 0) is 101 Å². The summed E-state index contributed by atoms with van der Waals surface area (Å²) in [6, 6.07) is 0. The Morgan fingerprint density at radius 1 is 0.769 bits per heavy atom. The van der Waals surface area contributed by atoms with Crippen molar-refractivity contribution in [3.8, 4) is 0 Å². The van der Waals surface area contributed by atoms with Gasteiger partial charge in [0.2, 0.25) is 0 Å². The van der Waals surface area contributed by atoms with E-state index in [1.165, 1.54) is 25.7 Å². The highest BCUT2D eigenvalue weighted by Gasteiger charge is 2.62. The topological polar surface area (TPSA) is 46.2 Å². The Morgan fingerprint density at radius 3 is 1.92 bits per heavy atom. The van der Waals surface area contributed by atoms with E-state index in [1.807, 2.05) is 0 Å². The monoisotopic (exact) mass is 568 g/mol. The smallest absolute Gasteiger partial charge is 0.378 e. The Hall–Kier alpha value is -0.550. The fourth-order valence-corrected chi connectivity index (χ4v) is 7.83. The number of unbranched alkanes of at least 4 members (excludes halogenated alkanes) is 1. The third-order valence-corrected chi connectivity index (χ3v) is 10.2. The van der Waals surface area contributed by atoms with E-state index in [-0.39, 0.29) is 24.5 Å². The number of rotatable bonds is 10. The molecule has 2 heterocycles. The number of hydrogen-bond donors (Lipinski definition) is 0. The van der Waals surface area contributed by atoms with Gasteiger partial charge < -0.3 is 18.9 Å². The lowest BCUT2D eigenvalue weighted by Crippen LogP contribution is -2.43. The van der Waals surface area contributed by atoms with Crippen molar-refractivity contribution in [1.29, 1.82) is 0 Å². The van der Waals surface area contributed by atoms with Crippen LogP contribution in [-0.4, -0.2) is 50.0 Å². The average molecular weight is 569 g/mol. The van der Waals surface area contributed by atoms with Gasteiger partial charge in [0, 0.05) is 12.5 Å². The molecule has 5 aliphatic rings. The van der Waals surface area contributed by atoms with E-state index < -0.39 is 24.4 Å². The van der Waals surface area contributed by atoms with E-state index in [9.17, 15) is 22.0 Å². The summed E-state index contributed by atoms with van der Waals surface area (Å²) in [6.07, 6.45) is 3.35. The van der Waals surface area contributed by atoms with Gasteiger partial charge in [-0.15, -0.1) is 13.2 Å². The molecule has 3 aliphatic carbocycles. The van der Waals surface area contributed by atoms with Crippen molar-refractivity contribution in [3.05, 3.63) is 0 Å². The van der Waals surface area contributed by atoms with Gasteiger partial charge in [-0.25, -0.2) is 4.74 Å². The number of halogens is 5. The number of alkyl halides is 5. The molecule has 0 atom stereocenters. The van der Waals surface area contributed by atoms with E-state index in [1.54, 1.807) is 0 Å². The summed E-state index contributed by atoms with van der Waals surface area (Å²) in [5.74, 6) is -0.00631. The maximum Gasteiger partial charge on any atom is 0.527 e. The van der Waals surface area contributed by atoms with Crippen molar-refractivity contribution in [3.63, 3.8) is 0 Å². The first-order valence-corrected chi connectivity index (χ1v) is 15.3. The maximum atomic E-state index is 13.8. The van der Waals surface area contributed by atoms with Crippen molar-refractivity contribution in [1.82, 2.24) is 0 Å². The molecule has 2 bridgehead atoms. The maximum absolute atomic E-state index is 13.8. The van der Waals surface area contributed by atoms with Crippen molar-refractivity contribution in [2.45, 2.75) is 133 Å². The van der Waals surface area contributed by atoms with Gasteiger partial charge in [0.05, 0.1) is 25.2 Å². The van der Waals surface area contributed by atoms with Gasteiger partial charge in [0.15, 0.2) is 0 Å². The number of hydrogen-bond acceptors (Lipinski definition) is 5. The van der Waals surface area contributed by atoms with Crippen LogP contribution in [0.3, 0.4) is 0 Å². The molecule has 39 heavy (non-hydrogen) atoms. The van der Waals surface area contributed by atoms with Crippen LogP contribution in [0.2, 0.25) is 0 Å². The van der Waals surface area contributed by atoms with Gasteiger partial charge in [0.25, 0.3) is 5.97 Å². The molecule has 0 aromatic carbocycles. The fraction of sp³-hybridized carbons (Fsp3) is 1.00. The van der Waals surface area contributed by atoms with Gasteiger partial charge in [-0.1, -0.05) is 19.8 Å². The average Bonchev–Trinajstić information content (AvgIpc) is 3.48. The summed E-state index contributed by atoms with van der Waals surface area (Å²) in [7, 11) is 0. The highest BCUT2D eigenvalue weighted by molar-refractivity contribution is 4.97. The first kappa shape index (κ1) is 29.9. The van der Waals surface area contributed by atoms with E-state index in [0.717, 1.165) is 56.8 Å². The molecule has 5 nitrogen and oxygen atoms in total. The Kier molecular flexibility index (Phi) is 9.19. The van der Waals surface area contributed by atoms with Crippen LogP contribution in [-0.2, 0) is 23.7 Å². The fourth-order valence-electron chi connectivity index (χ4n) is 7.83. The lowest BCUT2D eigenvalue weighted by atomic mass is 9.69. The first-order chi connectivity index (χ1) is 18.5. The van der Waals surface area contributed by atoms with E-state index >= 15 is 0 Å². The lowest BCUT2D eigenvalue weighted by molar-refractivity contribution is -0.439. The van der Waals surface area contributed by atoms with Crippen molar-refractivity contribution >= 4 is 0 Å². The van der Waals surface area contributed by atoms with Gasteiger partial charge in [0.1, 0.15) is 5.60 Å². The normalized spacial score (nSPS) is 41.7. The molecule has 0 amide bonds. The second kappa shape index (κ2) is 12.0. The molecule has 226 valence electrons. The zero-order valence-corrected chi connectivity index (χ0v) is 23.1. The van der Waals surface area contributed by atoms with Crippen LogP contribution in [0.15, 0.2) is 0 Å². The van der Waals surface area contributed by atoms with Crippen LogP contribution >= 0.6 is 0 Å². The van der Waals surface area contributed by atoms with Crippen molar-refractivity contribution in [2.75, 3.05) is 19.8 Å². The largest absolute Gasteiger partial charge is 0.527 e. The predicted octanol–water partition coefficient (Wildman–Crippen LogP) is 7.96. The summed E-state index contributed by atoms with van der Waals surface area (Å²) < 4.78 is 92.3. The lowest BCUT2D eigenvalue weighted by Gasteiger charge is -2.41. The molecule has 0 aromatic rings. The minimum Gasteiger partial charge on any atom is -0.378 e. The molecule has 0 aromatic heterocycles. The molecule has 2 saturated heterocycles. The summed E-state index contributed by atoms with van der Waals surface area (Å²) in [5, 5.41) is 0. The Bertz CT molecular complexity index is 775. The second-order valence-electron chi connectivity index (χ2n) is 12.9. The Morgan fingerprint density at radius 2 is 1.36 bits per heavy atom. The van der Waals surface area contributed by atoms with Gasteiger partial charge >= 0.3 is 12.5 Å². The van der Waals surface area contributed by atoms with Crippen LogP contribution in [0.1, 0.15) is 103 Å². The number of ether oxygens (including phenoxy) is 5. The second-order valence-corrected chi connectivity index (χ2v) is 12.9. The molecule has 2 aliphatic heterocycles. The minimum atomic E-state index is -5.33. The third kappa shape index (κ3) is 7.09. The highest BCUT2D eigenvalue weighted by atomic mass is 19.4. The van der Waals surface area contributed by atoms with Crippen LogP contribution in [0.25, 0.3) is 0 Å². The number of fused-ring (bicyclic) bond motifs is 2. The minimum absolute atomic E-state index is 0.0225. The molecule has 10 heteroatoms. The van der Waals surface area contributed by atoms with Crippen LogP contribution in [0.4, 0.5) is 22.0 Å². The molecule has 5 rings (SSSR count). The summed E-state index contributed by atoms with van der Waals surface area (Å²) in [4.78, 5) is 0. The standard InChI is InChI=1S/C29H45F5O5/c1-2-3-16-26-18-36-28(38-26,37-19-26)24-10-8-22(9-11-24)21-6-4-20(5-7-21)17-35-25-14-12-23(13-15-25)27(30,31)39-29(32,33)34/h20-25H,2-19H2,1H3. The molecule has 5 fully saturated rings. The van der Waals surface area contributed by atoms with E-state index in [2.05, 4.69) is 11.7 Å². The highest BCUT2D eigenvalue weighted by Crippen LogP contribution is 2.52. The van der Waals surface area contributed by atoms with Crippen LogP contribution in [0.5, 0.6) is 0 Å². The van der Waals surface area contributed by atoms with Crippen molar-refractivity contribution in [2.24, 2.45) is 29.6 Å². The molecule has 0 N–H and O–H groups in total. The third-order valence-electron chi connectivity index (χ3n) is 10.2. The molecular formula is C29H45F5O5. The van der Waals surface area contributed by atoms with Crippen LogP contribution < -0.4 is 0 Å². The van der Waals surface area contributed by atoms with Gasteiger partial charge in [-0.2, -0.15) is 8.78 Å². The zero-order valence-electron chi connectivity index (χ0n) is 23.1. The molecule has 0 spiro atoms. The first-order valence-electron chi connectivity index (χ1n) is 15.3. The SMILES string of the molecule is CCCCC12COC(C3CCC(C4CCC(COC5CCC(C(F)(F)OC(F)(F)F)CC5)CC4)CC3)(OC1)O2. The van der Waals surface area contributed by atoms with Gasteiger partial charge in [-0.3, -0.25) is 0 Å². The molecule has 3 saturated carbocycles. The van der Waals surface area contributed by atoms with Crippen molar-refractivity contribution < 1.29 is 45.6 Å². The predicted molar refractivity (Wildman–Crippen MR) is 133 cm³/mol. The summed E-state index contributed by atoms with van der Waals surface area (Å²) in [5.41, 5.74) is -0.237. The van der Waals surface area contributed by atoms with E-state index in [4.69, 9.17) is 18.9 Å². The molecule has 0 unspecified atom stereocenters. The van der Waals surface area contributed by atoms with Crippen LogP contribution in [0, 0.1) is 29.6 Å². The zero-order chi connectivity index (χ0) is 27.7. The summed E-state index contributed by atoms with van der Waals surface area (Å²) in [6.45, 7) is 4.11. The van der Waals surface area contributed by atoms with E-state index in [0.29, 0.717) is 44.5 Å². The Labute approximate surface area is 228 Å². The summed E-state index contributed by atoms with van der Waals surface area (Å²) >= 11 is 0.